The Morgan fingerprint density at radius 3 is 2.15 bits per heavy atom. The van der Waals surface area contributed by atoms with E-state index in [1.165, 1.54) is 6.92 Å². The Balaban J connectivity index is 3.09. The SMILES string of the molecule is CCOC(=O)C(N[C@@H](CO[Si](C)(C)C(C)(C)C)c1ccccc1)C(F)(F)F. The summed E-state index contributed by atoms with van der Waals surface area (Å²) >= 11 is 0. The maximum Gasteiger partial charge on any atom is 0.414 e. The van der Waals surface area contributed by atoms with Crippen molar-refractivity contribution in [3.8, 4) is 0 Å². The average Bonchev–Trinajstić information content (AvgIpc) is 2.53. The molecule has 8 heteroatoms. The Labute approximate surface area is 160 Å². The summed E-state index contributed by atoms with van der Waals surface area (Å²) in [4.78, 5) is 11.9. The quantitative estimate of drug-likeness (QED) is 0.497. The van der Waals surface area contributed by atoms with Crippen LogP contribution in [0.3, 0.4) is 0 Å². The summed E-state index contributed by atoms with van der Waals surface area (Å²) in [5.74, 6) is -1.33. The number of nitrogens with one attached hydrogen (secondary N) is 1. The predicted molar refractivity (Wildman–Crippen MR) is 102 cm³/mol. The van der Waals surface area contributed by atoms with E-state index in [9.17, 15) is 18.0 Å². The fraction of sp³-hybridized carbons (Fsp3) is 0.632. The van der Waals surface area contributed by atoms with Crippen molar-refractivity contribution in [2.24, 2.45) is 0 Å². The van der Waals surface area contributed by atoms with Crippen LogP contribution in [0.5, 0.6) is 0 Å². The van der Waals surface area contributed by atoms with Gasteiger partial charge in [-0.2, -0.15) is 13.2 Å². The van der Waals surface area contributed by atoms with Gasteiger partial charge in [-0.1, -0.05) is 51.1 Å². The molecule has 0 amide bonds. The van der Waals surface area contributed by atoms with Gasteiger partial charge in [0.1, 0.15) is 0 Å². The van der Waals surface area contributed by atoms with Crippen LogP contribution >= 0.6 is 0 Å². The lowest BCUT2D eigenvalue weighted by Gasteiger charge is -2.38. The summed E-state index contributed by atoms with van der Waals surface area (Å²) in [6, 6.07) is 5.48. The van der Waals surface area contributed by atoms with Crippen LogP contribution in [0.25, 0.3) is 0 Å². The second-order valence-electron chi connectivity index (χ2n) is 7.93. The van der Waals surface area contributed by atoms with E-state index in [1.807, 2.05) is 13.1 Å². The fourth-order valence-corrected chi connectivity index (χ4v) is 3.17. The highest BCUT2D eigenvalue weighted by Crippen LogP contribution is 2.37. The molecule has 1 aromatic rings. The molecule has 0 spiro atoms. The number of alkyl halides is 3. The van der Waals surface area contributed by atoms with E-state index >= 15 is 0 Å². The second-order valence-corrected chi connectivity index (χ2v) is 12.7. The first-order valence-electron chi connectivity index (χ1n) is 8.98. The van der Waals surface area contributed by atoms with Gasteiger partial charge in [0.2, 0.25) is 6.04 Å². The van der Waals surface area contributed by atoms with Crippen LogP contribution in [-0.4, -0.2) is 39.7 Å². The third-order valence-electron chi connectivity index (χ3n) is 4.84. The van der Waals surface area contributed by atoms with Gasteiger partial charge in [0, 0.05) is 0 Å². The molecule has 2 atom stereocenters. The van der Waals surface area contributed by atoms with Gasteiger partial charge in [-0.15, -0.1) is 0 Å². The van der Waals surface area contributed by atoms with Gasteiger partial charge in [0.05, 0.1) is 19.3 Å². The minimum Gasteiger partial charge on any atom is -0.465 e. The first-order chi connectivity index (χ1) is 12.3. The number of carbonyl (C=O) groups is 1. The van der Waals surface area contributed by atoms with Crippen LogP contribution in [-0.2, 0) is 14.0 Å². The van der Waals surface area contributed by atoms with Crippen molar-refractivity contribution in [3.63, 3.8) is 0 Å². The third-order valence-corrected chi connectivity index (χ3v) is 9.34. The molecule has 0 aliphatic rings. The number of hydrogen-bond donors (Lipinski definition) is 1. The number of rotatable bonds is 8. The zero-order valence-corrected chi connectivity index (χ0v) is 17.8. The Hall–Kier alpha value is -1.38. The van der Waals surface area contributed by atoms with Crippen molar-refractivity contribution in [3.05, 3.63) is 35.9 Å². The molecular formula is C19H30F3NO3Si. The Bertz CT molecular complexity index is 600. The molecule has 0 fully saturated rings. The highest BCUT2D eigenvalue weighted by Gasteiger charge is 2.47. The normalized spacial score (nSPS) is 15.3. The van der Waals surface area contributed by atoms with Crippen LogP contribution in [0.15, 0.2) is 30.3 Å². The molecule has 0 heterocycles. The van der Waals surface area contributed by atoms with Crippen LogP contribution in [0.4, 0.5) is 13.2 Å². The first kappa shape index (κ1) is 23.7. The minimum atomic E-state index is -4.77. The number of esters is 1. The van der Waals surface area contributed by atoms with Gasteiger partial charge in [-0.25, -0.2) is 4.79 Å². The summed E-state index contributed by atoms with van der Waals surface area (Å²) in [5, 5.41) is 2.33. The van der Waals surface area contributed by atoms with Gasteiger partial charge in [0.15, 0.2) is 8.32 Å². The average molecular weight is 406 g/mol. The molecule has 4 nitrogen and oxygen atoms in total. The molecule has 1 N–H and O–H groups in total. The molecule has 27 heavy (non-hydrogen) atoms. The number of halogens is 3. The first-order valence-corrected chi connectivity index (χ1v) is 11.9. The Morgan fingerprint density at radius 1 is 1.15 bits per heavy atom. The lowest BCUT2D eigenvalue weighted by Crippen LogP contribution is -2.52. The van der Waals surface area contributed by atoms with Crippen molar-refractivity contribution in [1.29, 1.82) is 0 Å². The maximum atomic E-state index is 13.4. The van der Waals surface area contributed by atoms with Gasteiger partial charge >= 0.3 is 12.1 Å². The van der Waals surface area contributed by atoms with E-state index in [1.54, 1.807) is 30.3 Å². The summed E-state index contributed by atoms with van der Waals surface area (Å²) in [5.41, 5.74) is 0.620. The third kappa shape index (κ3) is 6.93. The monoisotopic (exact) mass is 405 g/mol. The largest absolute Gasteiger partial charge is 0.465 e. The molecule has 0 saturated carbocycles. The van der Waals surface area contributed by atoms with Crippen LogP contribution in [0.2, 0.25) is 18.1 Å². The molecule has 1 unspecified atom stereocenters. The van der Waals surface area contributed by atoms with Crippen molar-refractivity contribution in [2.45, 2.75) is 64.1 Å². The molecule has 1 aromatic carbocycles. The molecule has 0 aliphatic heterocycles. The summed E-state index contributed by atoms with van der Waals surface area (Å²) < 4.78 is 51.0. The molecule has 0 bridgehead atoms. The number of benzene rings is 1. The lowest BCUT2D eigenvalue weighted by molar-refractivity contribution is -0.185. The molecule has 0 saturated heterocycles. The van der Waals surface area contributed by atoms with Gasteiger partial charge in [-0.3, -0.25) is 5.32 Å². The van der Waals surface area contributed by atoms with E-state index in [-0.39, 0.29) is 18.3 Å². The number of hydrogen-bond acceptors (Lipinski definition) is 4. The van der Waals surface area contributed by atoms with Crippen molar-refractivity contribution >= 4 is 14.3 Å². The Morgan fingerprint density at radius 2 is 1.70 bits per heavy atom. The lowest BCUT2D eigenvalue weighted by atomic mass is 10.1. The van der Waals surface area contributed by atoms with E-state index in [4.69, 9.17) is 4.43 Å². The molecule has 0 radical (unpaired) electrons. The number of carbonyl (C=O) groups excluding carboxylic acids is 1. The summed E-state index contributed by atoms with van der Waals surface area (Å²) in [7, 11) is -2.18. The summed E-state index contributed by atoms with van der Waals surface area (Å²) in [6.45, 7) is 11.6. The highest BCUT2D eigenvalue weighted by molar-refractivity contribution is 6.74. The minimum absolute atomic E-state index is 0.0342. The van der Waals surface area contributed by atoms with E-state index in [0.717, 1.165) is 0 Å². The van der Waals surface area contributed by atoms with Crippen molar-refractivity contribution in [1.82, 2.24) is 5.32 Å². The molecule has 154 valence electrons. The van der Waals surface area contributed by atoms with Crippen LogP contribution < -0.4 is 5.32 Å². The topological polar surface area (TPSA) is 47.6 Å². The molecular weight excluding hydrogens is 375 g/mol. The van der Waals surface area contributed by atoms with Gasteiger partial charge in [0.25, 0.3) is 0 Å². The Kier molecular flexibility index (Phi) is 8.07. The zero-order chi connectivity index (χ0) is 20.9. The smallest absolute Gasteiger partial charge is 0.414 e. The molecule has 0 aromatic heterocycles. The number of ether oxygens (including phenoxy) is 1. The zero-order valence-electron chi connectivity index (χ0n) is 16.8. The van der Waals surface area contributed by atoms with Crippen LogP contribution in [0.1, 0.15) is 39.3 Å². The van der Waals surface area contributed by atoms with Crippen LogP contribution in [0, 0.1) is 0 Å². The van der Waals surface area contributed by atoms with Crippen molar-refractivity contribution in [2.75, 3.05) is 13.2 Å². The maximum absolute atomic E-state index is 13.4. The molecule has 0 aliphatic carbocycles. The highest BCUT2D eigenvalue weighted by atomic mass is 28.4. The van der Waals surface area contributed by atoms with E-state index in [2.05, 4.69) is 30.8 Å². The van der Waals surface area contributed by atoms with Gasteiger partial charge in [-0.05, 0) is 30.6 Å². The predicted octanol–water partition coefficient (Wildman–Crippen LogP) is 4.83. The van der Waals surface area contributed by atoms with E-state index in [0.29, 0.717) is 5.56 Å². The van der Waals surface area contributed by atoms with Gasteiger partial charge < -0.3 is 9.16 Å². The van der Waals surface area contributed by atoms with E-state index < -0.39 is 32.5 Å². The second kappa shape index (κ2) is 9.21. The molecule has 1 rings (SSSR count). The summed E-state index contributed by atoms with van der Waals surface area (Å²) in [6.07, 6.45) is -4.77. The van der Waals surface area contributed by atoms with Crippen molar-refractivity contribution < 1.29 is 27.1 Å². The standard InChI is InChI=1S/C19H30F3NO3Si/c1-7-25-17(24)16(19(20,21)22)23-15(14-11-9-8-10-12-14)13-26-27(5,6)18(2,3)4/h8-12,15-16,23H,7,13H2,1-6H3/t15-,16?/m0/s1. The fourth-order valence-electron chi connectivity index (χ4n) is 2.16.